The molecule has 1 saturated heterocycles. The zero-order valence-electron chi connectivity index (χ0n) is 19.8. The van der Waals surface area contributed by atoms with Gasteiger partial charge in [0.05, 0.1) is 11.9 Å². The predicted molar refractivity (Wildman–Crippen MR) is 128 cm³/mol. The summed E-state index contributed by atoms with van der Waals surface area (Å²) in [6.07, 6.45) is -2.94. The Balaban J connectivity index is 1.17. The van der Waals surface area contributed by atoms with E-state index in [-0.39, 0.29) is 37.6 Å². The molecule has 0 aliphatic carbocycles. The maximum absolute atomic E-state index is 13.5. The average molecular weight is 515 g/mol. The summed E-state index contributed by atoms with van der Waals surface area (Å²) in [4.78, 5) is 27.4. The first-order valence-electron chi connectivity index (χ1n) is 11.9. The normalized spacial score (nSPS) is 16.0. The molecule has 5 rings (SSSR count). The number of hydrogen-bond acceptors (Lipinski definition) is 6. The van der Waals surface area contributed by atoms with Gasteiger partial charge in [0.15, 0.2) is 0 Å². The van der Waals surface area contributed by atoms with Crippen LogP contribution < -0.4 is 15.2 Å². The number of piperidine rings is 1. The lowest BCUT2D eigenvalue weighted by atomic mass is 10.1. The van der Waals surface area contributed by atoms with E-state index in [2.05, 4.69) is 5.10 Å². The molecular weight excluding hydrogens is 489 g/mol. The minimum Gasteiger partial charge on any atom is -0.490 e. The highest BCUT2D eigenvalue weighted by Gasteiger charge is 2.39. The fourth-order valence-electron chi connectivity index (χ4n) is 4.68. The van der Waals surface area contributed by atoms with E-state index < -0.39 is 17.3 Å². The second-order valence-electron chi connectivity index (χ2n) is 9.09. The number of carbonyl (C=O) groups excluding carboxylic acids is 1. The maximum atomic E-state index is 13.5. The van der Waals surface area contributed by atoms with Gasteiger partial charge < -0.3 is 19.3 Å². The minimum absolute atomic E-state index is 0.0950. The monoisotopic (exact) mass is 514 g/mol. The van der Waals surface area contributed by atoms with Gasteiger partial charge in [0.1, 0.15) is 24.0 Å². The molecule has 2 aliphatic rings. The van der Waals surface area contributed by atoms with Gasteiger partial charge >= 0.3 is 12.3 Å². The van der Waals surface area contributed by atoms with Crippen molar-refractivity contribution in [3.63, 3.8) is 0 Å². The number of hydrogen-bond donors (Lipinski definition) is 1. The van der Waals surface area contributed by atoms with E-state index in [1.165, 1.54) is 4.90 Å². The van der Waals surface area contributed by atoms with E-state index >= 15 is 0 Å². The molecule has 0 unspecified atom stereocenters. The van der Waals surface area contributed by atoms with Crippen molar-refractivity contribution >= 4 is 11.8 Å². The van der Waals surface area contributed by atoms with Crippen molar-refractivity contribution in [3.05, 3.63) is 87.3 Å². The molecule has 0 saturated carbocycles. The number of alkyl halides is 3. The second-order valence-corrected chi connectivity index (χ2v) is 9.09. The fourth-order valence-corrected chi connectivity index (χ4v) is 4.68. The molecule has 11 heteroatoms. The van der Waals surface area contributed by atoms with E-state index in [0.29, 0.717) is 31.7 Å². The van der Waals surface area contributed by atoms with Crippen molar-refractivity contribution in [2.24, 2.45) is 0 Å². The Kier molecular flexibility index (Phi) is 6.77. The van der Waals surface area contributed by atoms with Crippen LogP contribution in [0.4, 0.5) is 23.7 Å². The smallest absolute Gasteiger partial charge is 0.423 e. The zero-order chi connectivity index (χ0) is 26.0. The number of aromatic amines is 1. The molecule has 0 bridgehead atoms. The van der Waals surface area contributed by atoms with Gasteiger partial charge in [-0.3, -0.25) is 4.79 Å². The van der Waals surface area contributed by atoms with Crippen LogP contribution in [0.1, 0.15) is 35.1 Å². The van der Waals surface area contributed by atoms with E-state index in [1.54, 1.807) is 11.0 Å². The van der Waals surface area contributed by atoms with Crippen molar-refractivity contribution in [2.45, 2.75) is 44.8 Å². The third-order valence-electron chi connectivity index (χ3n) is 6.57. The Hall–Kier alpha value is -4.02. The summed E-state index contributed by atoms with van der Waals surface area (Å²) >= 11 is 0. The van der Waals surface area contributed by atoms with Gasteiger partial charge in [0.25, 0.3) is 5.56 Å². The third-order valence-corrected chi connectivity index (χ3v) is 6.57. The van der Waals surface area contributed by atoms with Crippen molar-refractivity contribution in [1.29, 1.82) is 0 Å². The summed E-state index contributed by atoms with van der Waals surface area (Å²) < 4.78 is 52.0. The van der Waals surface area contributed by atoms with Crippen LogP contribution in [0, 0.1) is 0 Å². The average Bonchev–Trinajstić information content (AvgIpc) is 3.31. The van der Waals surface area contributed by atoms with Crippen LogP contribution in [-0.4, -0.2) is 40.4 Å². The molecule has 0 radical (unpaired) electrons. The van der Waals surface area contributed by atoms with Crippen LogP contribution in [0.15, 0.2) is 59.5 Å². The Morgan fingerprint density at radius 1 is 1.05 bits per heavy atom. The van der Waals surface area contributed by atoms with E-state index in [1.807, 2.05) is 47.6 Å². The number of ether oxygens (including phenoxy) is 2. The van der Waals surface area contributed by atoms with Crippen LogP contribution in [0.5, 0.6) is 5.75 Å². The highest BCUT2D eigenvalue weighted by molar-refractivity contribution is 5.67. The zero-order valence-corrected chi connectivity index (χ0v) is 19.8. The van der Waals surface area contributed by atoms with Crippen LogP contribution in [0.3, 0.4) is 0 Å². The highest BCUT2D eigenvalue weighted by Crippen LogP contribution is 2.37. The number of anilines is 1. The number of benzene rings is 2. The summed E-state index contributed by atoms with van der Waals surface area (Å²) in [5, 5.41) is 5.43. The first-order valence-corrected chi connectivity index (χ1v) is 11.9. The number of nitrogens with zero attached hydrogens (tertiary/aromatic N) is 3. The second kappa shape index (κ2) is 10.2. The van der Waals surface area contributed by atoms with Gasteiger partial charge in [0.2, 0.25) is 0 Å². The fraction of sp³-hybridized carbons (Fsp3) is 0.346. The molecule has 194 valence electrons. The number of fused-ring (bicyclic) bond motifs is 1. The molecule has 1 aromatic heterocycles. The summed E-state index contributed by atoms with van der Waals surface area (Å²) in [6.45, 7) is 1.67. The number of halogens is 3. The lowest BCUT2D eigenvalue weighted by Gasteiger charge is -2.31. The summed E-state index contributed by atoms with van der Waals surface area (Å²) in [5.41, 5.74) is -0.152. The molecule has 0 spiro atoms. The molecule has 1 fully saturated rings. The SMILES string of the molecule is O=C(OCc1ccccc1)N1CCC(Oc2ccc3c(c2)CN(c2cn[nH]c(=O)c2C(F)(F)F)C3)CC1. The molecule has 37 heavy (non-hydrogen) atoms. The lowest BCUT2D eigenvalue weighted by molar-refractivity contribution is -0.138. The standard InChI is InChI=1S/C26H25F3N4O4/c27-26(28,29)23-22(13-30-31-24(23)34)33-14-18-6-7-21(12-19(18)15-33)37-20-8-10-32(11-9-20)25(35)36-16-17-4-2-1-3-5-17/h1-7,12-13,20H,8-11,14-16H2,(H,31,34). The number of carbonyl (C=O) groups is 1. The number of nitrogens with one attached hydrogen (secondary N) is 1. The quantitative estimate of drug-likeness (QED) is 0.540. The maximum Gasteiger partial charge on any atom is 0.423 e. The van der Waals surface area contributed by atoms with Crippen molar-refractivity contribution in [2.75, 3.05) is 18.0 Å². The molecule has 3 aromatic rings. The van der Waals surface area contributed by atoms with Gasteiger partial charge in [-0.05, 0) is 28.8 Å². The van der Waals surface area contributed by atoms with Gasteiger partial charge in [-0.15, -0.1) is 0 Å². The van der Waals surface area contributed by atoms with Crippen LogP contribution in [-0.2, 0) is 30.6 Å². The Morgan fingerprint density at radius 2 is 1.78 bits per heavy atom. The highest BCUT2D eigenvalue weighted by atomic mass is 19.4. The molecule has 2 aromatic carbocycles. The third kappa shape index (κ3) is 5.55. The number of H-pyrrole nitrogens is 1. The molecule has 1 amide bonds. The largest absolute Gasteiger partial charge is 0.490 e. The Labute approximate surface area is 210 Å². The number of aromatic nitrogens is 2. The molecule has 0 atom stereocenters. The first-order chi connectivity index (χ1) is 17.8. The molecular formula is C26H25F3N4O4. The van der Waals surface area contributed by atoms with E-state index in [4.69, 9.17) is 9.47 Å². The van der Waals surface area contributed by atoms with Crippen molar-refractivity contribution in [3.8, 4) is 5.75 Å². The Bertz CT molecular complexity index is 1320. The first kappa shape index (κ1) is 24.7. The number of likely N-dealkylation sites (tertiary alicyclic amines) is 1. The van der Waals surface area contributed by atoms with Crippen LogP contribution in [0.2, 0.25) is 0 Å². The van der Waals surface area contributed by atoms with Gasteiger partial charge in [-0.25, -0.2) is 9.89 Å². The summed E-state index contributed by atoms with van der Waals surface area (Å²) in [7, 11) is 0. The van der Waals surface area contributed by atoms with Crippen molar-refractivity contribution < 1.29 is 27.4 Å². The summed E-state index contributed by atoms with van der Waals surface area (Å²) in [6, 6.07) is 14.9. The molecule has 2 aliphatic heterocycles. The predicted octanol–water partition coefficient (Wildman–Crippen LogP) is 4.49. The van der Waals surface area contributed by atoms with E-state index in [0.717, 1.165) is 22.9 Å². The van der Waals surface area contributed by atoms with Gasteiger partial charge in [-0.1, -0.05) is 36.4 Å². The molecule has 8 nitrogen and oxygen atoms in total. The topological polar surface area (TPSA) is 87.8 Å². The number of rotatable bonds is 5. The number of amides is 1. The van der Waals surface area contributed by atoms with Crippen LogP contribution >= 0.6 is 0 Å². The van der Waals surface area contributed by atoms with Gasteiger partial charge in [0, 0.05) is 39.0 Å². The van der Waals surface area contributed by atoms with Crippen molar-refractivity contribution in [1.82, 2.24) is 15.1 Å². The summed E-state index contributed by atoms with van der Waals surface area (Å²) in [5.74, 6) is 0.616. The van der Waals surface area contributed by atoms with E-state index in [9.17, 15) is 22.8 Å². The molecule has 1 N–H and O–H groups in total. The Morgan fingerprint density at radius 3 is 2.51 bits per heavy atom. The van der Waals surface area contributed by atoms with Gasteiger partial charge in [-0.2, -0.15) is 18.3 Å². The minimum atomic E-state index is -4.79. The van der Waals surface area contributed by atoms with Crippen LogP contribution in [0.25, 0.3) is 0 Å². The lowest BCUT2D eigenvalue weighted by Crippen LogP contribution is -2.42. The molecule has 3 heterocycles.